The number of methoxy groups -OCH3 is 1. The molecule has 0 radical (unpaired) electrons. The minimum Gasteiger partial charge on any atom is -0.477 e. The first-order chi connectivity index (χ1) is 14.2. The molecule has 150 valence electrons. The summed E-state index contributed by atoms with van der Waals surface area (Å²) in [7, 11) is 1.54. The molecule has 0 bridgehead atoms. The van der Waals surface area contributed by atoms with E-state index in [1.807, 2.05) is 30.3 Å². The lowest BCUT2D eigenvalue weighted by atomic mass is 9.93. The van der Waals surface area contributed by atoms with Crippen LogP contribution < -0.4 is 14.8 Å². The van der Waals surface area contributed by atoms with Crippen molar-refractivity contribution in [1.82, 2.24) is 20.4 Å². The Kier molecular flexibility index (Phi) is 5.69. The molecule has 1 fully saturated rings. The van der Waals surface area contributed by atoms with Gasteiger partial charge in [0, 0.05) is 30.1 Å². The lowest BCUT2D eigenvalue weighted by molar-refractivity contribution is 0.0878. The third-order valence-electron chi connectivity index (χ3n) is 4.92. The number of nitrogens with zero attached hydrogens (tertiary/aromatic N) is 3. The molecule has 0 unspecified atom stereocenters. The van der Waals surface area contributed by atoms with Crippen LogP contribution in [0.25, 0.3) is 11.3 Å². The van der Waals surface area contributed by atoms with Crippen LogP contribution in [0.4, 0.5) is 0 Å². The van der Waals surface area contributed by atoms with Gasteiger partial charge in [0.2, 0.25) is 0 Å². The second kappa shape index (κ2) is 8.72. The van der Waals surface area contributed by atoms with Gasteiger partial charge in [-0.2, -0.15) is 0 Å². The van der Waals surface area contributed by atoms with Crippen LogP contribution in [0.1, 0.15) is 36.2 Å². The van der Waals surface area contributed by atoms with Crippen LogP contribution in [0.5, 0.6) is 11.8 Å². The van der Waals surface area contributed by atoms with E-state index < -0.39 is 0 Å². The molecule has 2 aromatic heterocycles. The number of hydrogen-bond donors (Lipinski definition) is 1. The highest BCUT2D eigenvalue weighted by molar-refractivity contribution is 5.93. The highest BCUT2D eigenvalue weighted by atomic mass is 16.5. The van der Waals surface area contributed by atoms with Crippen LogP contribution >= 0.6 is 0 Å². The summed E-state index contributed by atoms with van der Waals surface area (Å²) in [6.45, 7) is 0. The van der Waals surface area contributed by atoms with Crippen LogP contribution in [0.15, 0.2) is 53.3 Å². The van der Waals surface area contributed by atoms with Crippen LogP contribution in [-0.2, 0) is 0 Å². The minimum absolute atomic E-state index is 0.0190. The number of nitrogens with one attached hydrogen (secondary N) is 1. The summed E-state index contributed by atoms with van der Waals surface area (Å²) in [5.74, 6) is 1.13. The highest BCUT2D eigenvalue weighted by Gasteiger charge is 2.26. The van der Waals surface area contributed by atoms with Gasteiger partial charge in [0.1, 0.15) is 6.10 Å². The van der Waals surface area contributed by atoms with E-state index in [4.69, 9.17) is 14.0 Å². The van der Waals surface area contributed by atoms with Gasteiger partial charge in [-0.3, -0.25) is 4.79 Å². The molecule has 1 amide bonds. The third kappa shape index (κ3) is 4.53. The van der Waals surface area contributed by atoms with Crippen molar-refractivity contribution < 1.29 is 18.8 Å². The molecule has 0 aliphatic heterocycles. The molecule has 3 aromatic rings. The van der Waals surface area contributed by atoms with E-state index >= 15 is 0 Å². The van der Waals surface area contributed by atoms with Crippen molar-refractivity contribution in [3.05, 3.63) is 54.5 Å². The number of amides is 1. The zero-order valence-electron chi connectivity index (χ0n) is 16.1. The fraction of sp³-hybridized carbons (Fsp3) is 0.333. The van der Waals surface area contributed by atoms with E-state index in [0.717, 1.165) is 31.2 Å². The second-order valence-electron chi connectivity index (χ2n) is 6.88. The topological polar surface area (TPSA) is 99.4 Å². The monoisotopic (exact) mass is 394 g/mol. The van der Waals surface area contributed by atoms with E-state index in [9.17, 15) is 4.79 Å². The normalized spacial score (nSPS) is 18.8. The number of carbonyl (C=O) groups excluding carboxylic acids is 1. The summed E-state index contributed by atoms with van der Waals surface area (Å²) < 4.78 is 16.4. The van der Waals surface area contributed by atoms with Gasteiger partial charge in [-0.05, 0) is 25.7 Å². The number of rotatable bonds is 6. The van der Waals surface area contributed by atoms with Gasteiger partial charge >= 0.3 is 0 Å². The second-order valence-corrected chi connectivity index (χ2v) is 6.88. The van der Waals surface area contributed by atoms with Crippen LogP contribution in [0.2, 0.25) is 0 Å². The van der Waals surface area contributed by atoms with E-state index in [1.54, 1.807) is 18.5 Å². The number of aromatic nitrogens is 3. The molecule has 8 nitrogen and oxygen atoms in total. The van der Waals surface area contributed by atoms with Gasteiger partial charge in [-0.25, -0.2) is 9.97 Å². The maximum absolute atomic E-state index is 12.5. The van der Waals surface area contributed by atoms with Gasteiger partial charge in [0.25, 0.3) is 17.7 Å². The van der Waals surface area contributed by atoms with Gasteiger partial charge in [-0.1, -0.05) is 35.5 Å². The predicted molar refractivity (Wildman–Crippen MR) is 105 cm³/mol. The quantitative estimate of drug-likeness (QED) is 0.685. The Balaban J connectivity index is 1.29. The van der Waals surface area contributed by atoms with Crippen molar-refractivity contribution >= 4 is 5.91 Å². The Morgan fingerprint density at radius 2 is 1.79 bits per heavy atom. The average Bonchev–Trinajstić information content (AvgIpc) is 3.27. The fourth-order valence-corrected chi connectivity index (χ4v) is 3.40. The molecule has 1 aliphatic carbocycles. The Labute approximate surface area is 168 Å². The summed E-state index contributed by atoms with van der Waals surface area (Å²) in [5, 5.41) is 6.94. The number of ether oxygens (including phenoxy) is 2. The maximum atomic E-state index is 12.5. The first kappa shape index (κ1) is 18.9. The summed E-state index contributed by atoms with van der Waals surface area (Å²) in [6.07, 6.45) is 6.38. The van der Waals surface area contributed by atoms with E-state index in [-0.39, 0.29) is 23.7 Å². The summed E-state index contributed by atoms with van der Waals surface area (Å²) in [5.41, 5.74) is 1.17. The highest BCUT2D eigenvalue weighted by Crippen LogP contribution is 2.27. The van der Waals surface area contributed by atoms with Gasteiger partial charge in [-0.15, -0.1) is 0 Å². The molecule has 4 rings (SSSR count). The summed E-state index contributed by atoms with van der Waals surface area (Å²) in [6, 6.07) is 11.3. The Morgan fingerprint density at radius 3 is 2.52 bits per heavy atom. The molecule has 0 atom stereocenters. The molecular formula is C21H22N4O4. The van der Waals surface area contributed by atoms with Gasteiger partial charge in [0.05, 0.1) is 7.11 Å². The van der Waals surface area contributed by atoms with Crippen molar-refractivity contribution in [2.75, 3.05) is 7.11 Å². The molecule has 0 saturated heterocycles. The predicted octanol–water partition coefficient (Wildman–Crippen LogP) is 3.26. The molecule has 1 aliphatic rings. The molecule has 1 N–H and O–H groups in total. The molecule has 0 spiro atoms. The average molecular weight is 394 g/mol. The number of benzene rings is 1. The largest absolute Gasteiger partial charge is 0.477 e. The lowest BCUT2D eigenvalue weighted by Crippen LogP contribution is -2.39. The minimum atomic E-state index is -0.226. The molecule has 1 saturated carbocycles. The first-order valence-corrected chi connectivity index (χ1v) is 9.57. The number of carbonyl (C=O) groups is 1. The summed E-state index contributed by atoms with van der Waals surface area (Å²) in [4.78, 5) is 20.8. The van der Waals surface area contributed by atoms with E-state index in [2.05, 4.69) is 20.4 Å². The molecule has 8 heteroatoms. The molecule has 29 heavy (non-hydrogen) atoms. The molecular weight excluding hydrogens is 372 g/mol. The van der Waals surface area contributed by atoms with Crippen molar-refractivity contribution in [3.8, 4) is 23.1 Å². The Bertz CT molecular complexity index is 952. The third-order valence-corrected chi connectivity index (χ3v) is 4.92. The standard InChI is InChI=1S/C21H22N4O4/c1-27-20-21(23-12-11-22-20)28-16-9-7-15(8-10-16)24-19(26)17-13-18(29-25-17)14-5-3-2-4-6-14/h2-6,11-13,15-16H,7-10H2,1H3,(H,24,26). The van der Waals surface area contributed by atoms with Crippen molar-refractivity contribution in [1.29, 1.82) is 0 Å². The van der Waals surface area contributed by atoms with Crippen LogP contribution in [0, 0.1) is 0 Å². The van der Waals surface area contributed by atoms with Gasteiger partial charge < -0.3 is 19.3 Å². The van der Waals surface area contributed by atoms with Crippen LogP contribution in [0.3, 0.4) is 0 Å². The van der Waals surface area contributed by atoms with Crippen LogP contribution in [-0.4, -0.2) is 40.3 Å². The Morgan fingerprint density at radius 1 is 1.07 bits per heavy atom. The summed E-state index contributed by atoms with van der Waals surface area (Å²) >= 11 is 0. The SMILES string of the molecule is COc1nccnc1OC1CCC(NC(=O)c2cc(-c3ccccc3)on2)CC1. The van der Waals surface area contributed by atoms with Gasteiger partial charge in [0.15, 0.2) is 11.5 Å². The maximum Gasteiger partial charge on any atom is 0.278 e. The zero-order valence-corrected chi connectivity index (χ0v) is 16.1. The molecule has 2 heterocycles. The van der Waals surface area contributed by atoms with E-state index in [1.165, 1.54) is 7.11 Å². The number of hydrogen-bond acceptors (Lipinski definition) is 7. The molecule has 1 aromatic carbocycles. The first-order valence-electron chi connectivity index (χ1n) is 9.57. The zero-order chi connectivity index (χ0) is 20.1. The fourth-order valence-electron chi connectivity index (χ4n) is 3.40. The smallest absolute Gasteiger partial charge is 0.278 e. The lowest BCUT2D eigenvalue weighted by Gasteiger charge is -2.29. The van der Waals surface area contributed by atoms with Crippen molar-refractivity contribution in [3.63, 3.8) is 0 Å². The Hall–Kier alpha value is -3.42. The van der Waals surface area contributed by atoms with Crippen molar-refractivity contribution in [2.24, 2.45) is 0 Å². The van der Waals surface area contributed by atoms with E-state index in [0.29, 0.717) is 17.5 Å². The van der Waals surface area contributed by atoms with Crippen molar-refractivity contribution in [2.45, 2.75) is 37.8 Å².